The minimum Gasteiger partial charge on any atom is -0.467 e. The molecule has 0 amide bonds. The van der Waals surface area contributed by atoms with Gasteiger partial charge in [0.25, 0.3) is 0 Å². The Labute approximate surface area is 101 Å². The van der Waals surface area contributed by atoms with E-state index in [9.17, 15) is 23.1 Å². The highest BCUT2D eigenvalue weighted by Crippen LogP contribution is 2.20. The third-order valence-corrected chi connectivity index (χ3v) is 2.28. The summed E-state index contributed by atoms with van der Waals surface area (Å²) in [5.41, 5.74) is -2.27. The lowest BCUT2D eigenvalue weighted by atomic mass is 10.1. The molecule has 0 radical (unpaired) electrons. The van der Waals surface area contributed by atoms with Gasteiger partial charge in [0.1, 0.15) is 0 Å². The summed E-state index contributed by atoms with van der Waals surface area (Å²) in [4.78, 5) is 11.1. The zero-order chi connectivity index (χ0) is 13.9. The highest BCUT2D eigenvalue weighted by molar-refractivity contribution is 5.79. The third kappa shape index (κ3) is 2.92. The first-order valence-corrected chi connectivity index (χ1v) is 4.97. The molecule has 0 aliphatic carbocycles. The van der Waals surface area contributed by atoms with Crippen LogP contribution in [0.4, 0.5) is 18.9 Å². The van der Waals surface area contributed by atoms with Gasteiger partial charge in [0.05, 0.1) is 19.3 Å². The summed E-state index contributed by atoms with van der Waals surface area (Å²) in [6, 6.07) is 1.69. The molecule has 100 valence electrons. The second-order valence-corrected chi connectivity index (χ2v) is 3.84. The molecule has 0 fully saturated rings. The van der Waals surface area contributed by atoms with Crippen LogP contribution < -0.4 is 5.32 Å². The predicted molar refractivity (Wildman–Crippen MR) is 57.4 cm³/mol. The van der Waals surface area contributed by atoms with E-state index >= 15 is 0 Å². The molecule has 0 saturated carbocycles. The SMILES string of the molecule is COC(=O)C(C)(O)CNc1ccc(F)c(F)c1F. The number of carbonyl (C=O) groups is 1. The van der Waals surface area contributed by atoms with Crippen molar-refractivity contribution < 1.29 is 27.8 Å². The van der Waals surface area contributed by atoms with Crippen LogP contribution in [0.3, 0.4) is 0 Å². The Morgan fingerprint density at radius 3 is 2.56 bits per heavy atom. The van der Waals surface area contributed by atoms with Crippen LogP contribution >= 0.6 is 0 Å². The largest absolute Gasteiger partial charge is 0.467 e. The number of ether oxygens (including phenoxy) is 1. The molecular formula is C11H12F3NO3. The van der Waals surface area contributed by atoms with Gasteiger partial charge in [-0.1, -0.05) is 0 Å². The normalized spacial score (nSPS) is 13.9. The van der Waals surface area contributed by atoms with Gasteiger partial charge in [-0.25, -0.2) is 18.0 Å². The minimum atomic E-state index is -1.91. The fourth-order valence-corrected chi connectivity index (χ4v) is 1.22. The Morgan fingerprint density at radius 1 is 1.39 bits per heavy atom. The Hall–Kier alpha value is -1.76. The van der Waals surface area contributed by atoms with Gasteiger partial charge in [-0.2, -0.15) is 0 Å². The summed E-state index contributed by atoms with van der Waals surface area (Å²) in [5.74, 6) is -5.30. The Balaban J connectivity index is 2.82. The number of rotatable bonds is 4. The molecular weight excluding hydrogens is 251 g/mol. The van der Waals surface area contributed by atoms with Crippen LogP contribution in [0.5, 0.6) is 0 Å². The molecule has 4 nitrogen and oxygen atoms in total. The standard InChI is InChI=1S/C11H12F3NO3/c1-11(17,10(16)18-2)5-15-7-4-3-6(12)8(13)9(7)14/h3-4,15,17H,5H2,1-2H3. The maximum absolute atomic E-state index is 13.2. The molecule has 0 spiro atoms. The van der Waals surface area contributed by atoms with E-state index in [4.69, 9.17) is 0 Å². The maximum atomic E-state index is 13.2. The first-order valence-electron chi connectivity index (χ1n) is 4.97. The van der Waals surface area contributed by atoms with Crippen LogP contribution in [-0.2, 0) is 9.53 Å². The van der Waals surface area contributed by atoms with Crippen LogP contribution in [0.15, 0.2) is 12.1 Å². The van der Waals surface area contributed by atoms with Crippen LogP contribution in [0.25, 0.3) is 0 Å². The van der Waals surface area contributed by atoms with E-state index in [0.717, 1.165) is 26.2 Å². The van der Waals surface area contributed by atoms with E-state index < -0.39 is 35.6 Å². The molecule has 0 aliphatic heterocycles. The number of aliphatic hydroxyl groups is 1. The Bertz CT molecular complexity index is 463. The second kappa shape index (κ2) is 5.26. The lowest BCUT2D eigenvalue weighted by Crippen LogP contribution is -2.43. The van der Waals surface area contributed by atoms with Gasteiger partial charge in [-0.05, 0) is 19.1 Å². The molecule has 7 heteroatoms. The molecule has 1 rings (SSSR count). The van der Waals surface area contributed by atoms with Gasteiger partial charge in [0.2, 0.25) is 0 Å². The van der Waals surface area contributed by atoms with Crippen molar-refractivity contribution in [2.24, 2.45) is 0 Å². The molecule has 1 atom stereocenters. The molecule has 0 heterocycles. The van der Waals surface area contributed by atoms with Crippen LogP contribution in [0.1, 0.15) is 6.92 Å². The Kier molecular flexibility index (Phi) is 4.18. The summed E-state index contributed by atoms with van der Waals surface area (Å²) in [7, 11) is 1.08. The van der Waals surface area contributed by atoms with E-state index in [1.165, 1.54) is 0 Å². The maximum Gasteiger partial charge on any atom is 0.339 e. The quantitative estimate of drug-likeness (QED) is 0.637. The first-order chi connectivity index (χ1) is 8.29. The van der Waals surface area contributed by atoms with Crippen molar-refractivity contribution in [2.75, 3.05) is 19.0 Å². The van der Waals surface area contributed by atoms with Crippen molar-refractivity contribution >= 4 is 11.7 Å². The molecule has 1 unspecified atom stereocenters. The number of hydrogen-bond acceptors (Lipinski definition) is 4. The molecule has 1 aromatic carbocycles. The summed E-state index contributed by atoms with van der Waals surface area (Å²) in [5, 5.41) is 11.9. The second-order valence-electron chi connectivity index (χ2n) is 3.84. The molecule has 18 heavy (non-hydrogen) atoms. The summed E-state index contributed by atoms with van der Waals surface area (Å²) >= 11 is 0. The fraction of sp³-hybridized carbons (Fsp3) is 0.364. The van der Waals surface area contributed by atoms with Crippen LogP contribution in [0, 0.1) is 17.5 Å². The average molecular weight is 263 g/mol. The van der Waals surface area contributed by atoms with Gasteiger partial charge >= 0.3 is 5.97 Å². The van der Waals surface area contributed by atoms with Crippen molar-refractivity contribution in [1.29, 1.82) is 0 Å². The number of methoxy groups -OCH3 is 1. The molecule has 0 bridgehead atoms. The molecule has 0 aliphatic rings. The minimum absolute atomic E-state index is 0.363. The van der Waals surface area contributed by atoms with E-state index in [-0.39, 0.29) is 5.69 Å². The number of anilines is 1. The smallest absolute Gasteiger partial charge is 0.339 e. The number of nitrogens with one attached hydrogen (secondary N) is 1. The zero-order valence-corrected chi connectivity index (χ0v) is 9.76. The van der Waals surface area contributed by atoms with Crippen LogP contribution in [-0.4, -0.2) is 30.3 Å². The Morgan fingerprint density at radius 2 is 2.00 bits per heavy atom. The van der Waals surface area contributed by atoms with Crippen molar-refractivity contribution in [3.8, 4) is 0 Å². The highest BCUT2D eigenvalue weighted by atomic mass is 19.2. The number of esters is 1. The first kappa shape index (κ1) is 14.3. The topological polar surface area (TPSA) is 58.6 Å². The van der Waals surface area contributed by atoms with E-state index in [0.29, 0.717) is 0 Å². The number of carbonyl (C=O) groups excluding carboxylic acids is 1. The van der Waals surface area contributed by atoms with Gasteiger partial charge in [0.15, 0.2) is 23.1 Å². The lowest BCUT2D eigenvalue weighted by molar-refractivity contribution is -0.158. The van der Waals surface area contributed by atoms with Crippen LogP contribution in [0.2, 0.25) is 0 Å². The van der Waals surface area contributed by atoms with E-state index in [2.05, 4.69) is 10.1 Å². The van der Waals surface area contributed by atoms with Crippen molar-refractivity contribution in [3.63, 3.8) is 0 Å². The molecule has 2 N–H and O–H groups in total. The fourth-order valence-electron chi connectivity index (χ4n) is 1.22. The lowest BCUT2D eigenvalue weighted by Gasteiger charge is -2.21. The molecule has 1 aromatic rings. The van der Waals surface area contributed by atoms with Crippen molar-refractivity contribution in [1.82, 2.24) is 0 Å². The number of benzene rings is 1. The van der Waals surface area contributed by atoms with Crippen molar-refractivity contribution in [3.05, 3.63) is 29.6 Å². The van der Waals surface area contributed by atoms with Gasteiger partial charge in [-0.3, -0.25) is 0 Å². The highest BCUT2D eigenvalue weighted by Gasteiger charge is 2.31. The summed E-state index contributed by atoms with van der Waals surface area (Å²) in [6.07, 6.45) is 0. The number of halogens is 3. The van der Waals surface area contributed by atoms with E-state index in [1.807, 2.05) is 0 Å². The number of hydrogen-bond donors (Lipinski definition) is 2. The summed E-state index contributed by atoms with van der Waals surface area (Å²) < 4.78 is 43.1. The van der Waals surface area contributed by atoms with E-state index in [1.54, 1.807) is 0 Å². The van der Waals surface area contributed by atoms with Crippen molar-refractivity contribution in [2.45, 2.75) is 12.5 Å². The predicted octanol–water partition coefficient (Wildman–Crippen LogP) is 1.44. The third-order valence-electron chi connectivity index (χ3n) is 2.28. The van der Waals surface area contributed by atoms with Gasteiger partial charge in [0, 0.05) is 0 Å². The summed E-state index contributed by atoms with van der Waals surface area (Å²) in [6.45, 7) is 0.727. The van der Waals surface area contributed by atoms with Gasteiger partial charge < -0.3 is 15.2 Å². The zero-order valence-electron chi connectivity index (χ0n) is 9.76. The monoisotopic (exact) mass is 263 g/mol. The van der Waals surface area contributed by atoms with Gasteiger partial charge in [-0.15, -0.1) is 0 Å². The molecule has 0 aromatic heterocycles. The average Bonchev–Trinajstić information content (AvgIpc) is 2.34. The molecule has 0 saturated heterocycles.